The number of pyridine rings is 1. The number of nitrogens with zero attached hydrogens (tertiary/aromatic N) is 3. The van der Waals surface area contributed by atoms with Crippen LogP contribution in [0.5, 0.6) is 0 Å². The maximum Gasteiger partial charge on any atom is 0.259 e. The number of aromatic nitrogens is 2. The van der Waals surface area contributed by atoms with Crippen LogP contribution in [-0.2, 0) is 0 Å². The molecule has 1 fully saturated rings. The lowest BCUT2D eigenvalue weighted by Gasteiger charge is -2.49. The van der Waals surface area contributed by atoms with Gasteiger partial charge in [-0.05, 0) is 72.1 Å². The summed E-state index contributed by atoms with van der Waals surface area (Å²) in [6.45, 7) is 13.6. The minimum absolute atomic E-state index is 0.00320. The highest BCUT2D eigenvalue weighted by Crippen LogP contribution is 2.34. The van der Waals surface area contributed by atoms with Gasteiger partial charge in [0.15, 0.2) is 5.76 Å². The van der Waals surface area contributed by atoms with Crippen LogP contribution in [0, 0.1) is 6.92 Å². The summed E-state index contributed by atoms with van der Waals surface area (Å²) in [5, 5.41) is 8.50. The van der Waals surface area contributed by atoms with Crippen molar-refractivity contribution in [2.24, 2.45) is 0 Å². The van der Waals surface area contributed by atoms with Crippen molar-refractivity contribution in [3.05, 3.63) is 35.7 Å². The summed E-state index contributed by atoms with van der Waals surface area (Å²) in [6.07, 6.45) is 5.37. The molecule has 4 heterocycles. The average Bonchev–Trinajstić information content (AvgIpc) is 3.35. The van der Waals surface area contributed by atoms with Gasteiger partial charge >= 0.3 is 0 Å². The van der Waals surface area contributed by atoms with Gasteiger partial charge in [0.25, 0.3) is 11.6 Å². The van der Waals surface area contributed by atoms with Crippen LogP contribution < -0.4 is 5.32 Å². The number of fused-ring (bicyclic) bond motifs is 1. The number of carbonyl (C=O) groups excluding carboxylic acids is 1. The molecule has 1 saturated heterocycles. The first-order valence-corrected chi connectivity index (χ1v) is 11.5. The Balaban J connectivity index is 1.79. The number of hydrogen-bond acceptors (Lipinski definition) is 6. The van der Waals surface area contributed by atoms with Crippen molar-refractivity contribution in [1.29, 1.82) is 0 Å². The van der Waals surface area contributed by atoms with Crippen molar-refractivity contribution < 1.29 is 13.7 Å². The number of nitrogens with one attached hydrogen (secondary N) is 1. The molecule has 32 heavy (non-hydrogen) atoms. The molecule has 0 spiro atoms. The molecule has 0 atom stereocenters. The van der Waals surface area contributed by atoms with Gasteiger partial charge in [-0.15, -0.1) is 0 Å². The average molecular weight is 439 g/mol. The van der Waals surface area contributed by atoms with E-state index in [1.54, 1.807) is 12.3 Å². The summed E-state index contributed by atoms with van der Waals surface area (Å²) in [5.74, 6) is 0.600. The van der Waals surface area contributed by atoms with E-state index in [0.717, 1.165) is 32.2 Å². The van der Waals surface area contributed by atoms with Gasteiger partial charge in [0.2, 0.25) is 0 Å². The first-order valence-electron chi connectivity index (χ1n) is 11.5. The highest BCUT2D eigenvalue weighted by molar-refractivity contribution is 6.07. The summed E-state index contributed by atoms with van der Waals surface area (Å²) >= 11 is 0. The first kappa shape index (κ1) is 22.5. The second-order valence-electron chi connectivity index (χ2n) is 10.3. The Hall–Kier alpha value is -2.67. The maximum atomic E-state index is 14.1. The summed E-state index contributed by atoms with van der Waals surface area (Å²) in [4.78, 5) is 20.8. The van der Waals surface area contributed by atoms with Gasteiger partial charge in [0.1, 0.15) is 5.69 Å². The summed E-state index contributed by atoms with van der Waals surface area (Å²) in [5.41, 5.74) is 2.06. The molecule has 0 aliphatic carbocycles. The van der Waals surface area contributed by atoms with Gasteiger partial charge in [-0.2, -0.15) is 0 Å². The molecule has 0 aromatic carbocycles. The first-order chi connectivity index (χ1) is 15.1. The van der Waals surface area contributed by atoms with Crippen LogP contribution in [0.2, 0.25) is 0 Å². The van der Waals surface area contributed by atoms with E-state index in [1.165, 1.54) is 0 Å². The lowest BCUT2D eigenvalue weighted by Crippen LogP contribution is -2.62. The zero-order valence-corrected chi connectivity index (χ0v) is 20.0. The predicted molar refractivity (Wildman–Crippen MR) is 125 cm³/mol. The van der Waals surface area contributed by atoms with Crippen LogP contribution >= 0.6 is 0 Å². The number of unbranched alkanes of at least 4 members (excludes halogenated alkanes) is 1. The van der Waals surface area contributed by atoms with Crippen LogP contribution in [0.1, 0.15) is 76.4 Å². The minimum atomic E-state index is -0.0584. The van der Waals surface area contributed by atoms with Gasteiger partial charge in [-0.3, -0.25) is 4.79 Å². The monoisotopic (exact) mass is 438 g/mol. The smallest absolute Gasteiger partial charge is 0.259 e. The van der Waals surface area contributed by atoms with Gasteiger partial charge in [0, 0.05) is 23.7 Å². The molecule has 1 aliphatic rings. The Morgan fingerprint density at radius 1 is 1.25 bits per heavy atom. The Morgan fingerprint density at radius 2 is 1.97 bits per heavy atom. The molecule has 0 radical (unpaired) electrons. The predicted octanol–water partition coefficient (Wildman–Crippen LogP) is 5.34. The zero-order valence-electron chi connectivity index (χ0n) is 20.0. The fourth-order valence-corrected chi connectivity index (χ4v) is 5.24. The Kier molecular flexibility index (Phi) is 5.88. The van der Waals surface area contributed by atoms with Crippen LogP contribution in [0.25, 0.3) is 22.6 Å². The summed E-state index contributed by atoms with van der Waals surface area (Å²) in [6, 6.07) is 5.60. The number of piperidine rings is 1. The van der Waals surface area contributed by atoms with Crippen molar-refractivity contribution in [2.45, 2.75) is 84.3 Å². The summed E-state index contributed by atoms with van der Waals surface area (Å²) < 4.78 is 11.0. The van der Waals surface area contributed by atoms with Crippen LogP contribution in [0.3, 0.4) is 0 Å². The Morgan fingerprint density at radius 3 is 2.59 bits per heavy atom. The number of rotatable bonds is 6. The second kappa shape index (κ2) is 8.35. The normalized spacial score (nSPS) is 18.2. The van der Waals surface area contributed by atoms with E-state index in [4.69, 9.17) is 8.94 Å². The standard InChI is InChI=1S/C25H34N4O3/c1-7-8-11-29(17-14-24(3,4)28-25(5,6)15-17)23(30)18-13-19(20-10-9-12-31-20)26-22-21(18)16(2)27-32-22/h9-10,12-13,17,28H,7-8,11,14-15H2,1-6H3. The molecule has 1 aliphatic heterocycles. The lowest BCUT2D eigenvalue weighted by atomic mass is 9.78. The largest absolute Gasteiger partial charge is 0.463 e. The van der Waals surface area contributed by atoms with Crippen molar-refractivity contribution in [3.63, 3.8) is 0 Å². The van der Waals surface area contributed by atoms with Crippen LogP contribution in [0.15, 0.2) is 33.4 Å². The number of hydrogen-bond donors (Lipinski definition) is 1. The number of amides is 1. The fraction of sp³-hybridized carbons (Fsp3) is 0.560. The van der Waals surface area contributed by atoms with E-state index in [0.29, 0.717) is 33.8 Å². The number of aryl methyl sites for hydroxylation is 1. The third kappa shape index (κ3) is 4.44. The molecule has 7 nitrogen and oxygen atoms in total. The Labute approximate surface area is 189 Å². The van der Waals surface area contributed by atoms with E-state index in [2.05, 4.69) is 55.0 Å². The highest BCUT2D eigenvalue weighted by atomic mass is 16.5. The molecular weight excluding hydrogens is 404 g/mol. The van der Waals surface area contributed by atoms with E-state index < -0.39 is 0 Å². The third-order valence-electron chi connectivity index (χ3n) is 6.24. The third-order valence-corrected chi connectivity index (χ3v) is 6.24. The number of carbonyl (C=O) groups is 1. The van der Waals surface area contributed by atoms with Gasteiger partial charge in [0.05, 0.1) is 22.9 Å². The van der Waals surface area contributed by atoms with Crippen molar-refractivity contribution in [2.75, 3.05) is 6.54 Å². The van der Waals surface area contributed by atoms with E-state index in [1.807, 2.05) is 19.1 Å². The Bertz CT molecular complexity index is 1080. The topological polar surface area (TPSA) is 84.4 Å². The molecule has 1 N–H and O–H groups in total. The van der Waals surface area contributed by atoms with Crippen LogP contribution in [0.4, 0.5) is 0 Å². The van der Waals surface area contributed by atoms with Gasteiger partial charge < -0.3 is 19.2 Å². The van der Waals surface area contributed by atoms with E-state index in [9.17, 15) is 4.79 Å². The summed E-state index contributed by atoms with van der Waals surface area (Å²) in [7, 11) is 0. The molecule has 4 rings (SSSR count). The van der Waals surface area contributed by atoms with Crippen molar-refractivity contribution in [3.8, 4) is 11.5 Å². The van der Waals surface area contributed by atoms with Crippen LogP contribution in [-0.4, -0.2) is 44.6 Å². The second-order valence-corrected chi connectivity index (χ2v) is 10.3. The van der Waals surface area contributed by atoms with Gasteiger partial charge in [-0.25, -0.2) is 4.98 Å². The molecule has 0 unspecified atom stereocenters. The molecule has 3 aromatic rings. The van der Waals surface area contributed by atoms with Crippen molar-refractivity contribution >= 4 is 17.0 Å². The van der Waals surface area contributed by atoms with Crippen molar-refractivity contribution in [1.82, 2.24) is 20.4 Å². The number of furan rings is 1. The molecule has 1 amide bonds. The molecule has 3 aromatic heterocycles. The molecular formula is C25H34N4O3. The van der Waals surface area contributed by atoms with Gasteiger partial charge in [-0.1, -0.05) is 18.5 Å². The fourth-order valence-electron chi connectivity index (χ4n) is 5.24. The molecule has 172 valence electrons. The molecule has 7 heteroatoms. The minimum Gasteiger partial charge on any atom is -0.463 e. The molecule has 0 bridgehead atoms. The highest BCUT2D eigenvalue weighted by Gasteiger charge is 2.41. The maximum absolute atomic E-state index is 14.1. The lowest BCUT2D eigenvalue weighted by molar-refractivity contribution is 0.0443. The zero-order chi connectivity index (χ0) is 23.1. The molecule has 0 saturated carbocycles. The van der Waals surface area contributed by atoms with E-state index >= 15 is 0 Å². The SMILES string of the molecule is CCCCN(C(=O)c1cc(-c2ccco2)nc2onc(C)c12)C1CC(C)(C)NC(C)(C)C1. The van der Waals surface area contributed by atoms with E-state index in [-0.39, 0.29) is 23.0 Å². The quantitative estimate of drug-likeness (QED) is 0.559.